The molecule has 0 spiro atoms. The molecule has 0 unspecified atom stereocenters. The summed E-state index contributed by atoms with van der Waals surface area (Å²) in [4.78, 5) is 23.5. The second-order valence-corrected chi connectivity index (χ2v) is 8.14. The predicted molar refractivity (Wildman–Crippen MR) is 110 cm³/mol. The fourth-order valence-corrected chi connectivity index (χ4v) is 4.22. The maximum absolute atomic E-state index is 12.5. The van der Waals surface area contributed by atoms with Crippen molar-refractivity contribution in [2.75, 3.05) is 7.11 Å². The number of hydrogen-bond acceptors (Lipinski definition) is 4. The predicted octanol–water partition coefficient (Wildman–Crippen LogP) is 5.52. The molecule has 0 fully saturated rings. The van der Waals surface area contributed by atoms with E-state index in [1.54, 1.807) is 0 Å². The summed E-state index contributed by atoms with van der Waals surface area (Å²) in [5.41, 5.74) is 0.772. The van der Waals surface area contributed by atoms with Gasteiger partial charge in [-0.05, 0) is 44.3 Å². The third kappa shape index (κ3) is 7.06. The highest BCUT2D eigenvalue weighted by molar-refractivity contribution is 6.01. The van der Waals surface area contributed by atoms with Gasteiger partial charge in [-0.3, -0.25) is 9.59 Å². The third-order valence-electron chi connectivity index (χ3n) is 6.24. The number of hydrogen-bond donors (Lipinski definition) is 1. The van der Waals surface area contributed by atoms with Crippen LogP contribution in [0.5, 0.6) is 0 Å². The Morgan fingerprint density at radius 1 is 1.00 bits per heavy atom. The summed E-state index contributed by atoms with van der Waals surface area (Å²) >= 11 is 0. The molecule has 4 nitrogen and oxygen atoms in total. The van der Waals surface area contributed by atoms with Crippen LogP contribution in [0.2, 0.25) is 0 Å². The highest BCUT2D eigenvalue weighted by atomic mass is 16.5. The first kappa shape index (κ1) is 23.9. The molecule has 0 saturated heterocycles. The van der Waals surface area contributed by atoms with Crippen LogP contribution in [0.3, 0.4) is 0 Å². The number of carbonyl (C=O) groups is 2. The Kier molecular flexibility index (Phi) is 10.9. The number of unbranched alkanes of at least 4 members (excludes halogenated alkanes) is 8. The second-order valence-electron chi connectivity index (χ2n) is 8.14. The van der Waals surface area contributed by atoms with Gasteiger partial charge in [-0.15, -0.1) is 0 Å². The van der Waals surface area contributed by atoms with Crippen molar-refractivity contribution in [2.45, 2.75) is 110 Å². The molecule has 27 heavy (non-hydrogen) atoms. The fraction of sp³-hybridized carbons (Fsp3) is 0.826. The number of aliphatic hydroxyl groups is 1. The van der Waals surface area contributed by atoms with Crippen molar-refractivity contribution < 1.29 is 19.4 Å². The number of ether oxygens (including phenoxy) is 1. The molecule has 156 valence electrons. The molecule has 1 aliphatic carbocycles. The lowest BCUT2D eigenvalue weighted by molar-refractivity contribution is -0.140. The van der Waals surface area contributed by atoms with E-state index in [1.165, 1.54) is 26.4 Å². The van der Waals surface area contributed by atoms with Crippen molar-refractivity contribution in [2.24, 2.45) is 5.92 Å². The molecule has 0 bridgehead atoms. The molecule has 0 aromatic carbocycles. The van der Waals surface area contributed by atoms with Crippen LogP contribution >= 0.6 is 0 Å². The van der Waals surface area contributed by atoms with E-state index in [9.17, 15) is 14.7 Å². The number of carbonyl (C=O) groups excluding carboxylic acids is 2. The molecule has 0 aliphatic heterocycles. The van der Waals surface area contributed by atoms with Crippen molar-refractivity contribution in [1.82, 2.24) is 0 Å². The van der Waals surface area contributed by atoms with Crippen molar-refractivity contribution in [3.05, 3.63) is 11.1 Å². The van der Waals surface area contributed by atoms with E-state index < -0.39 is 5.60 Å². The smallest absolute Gasteiger partial charge is 0.305 e. The minimum Gasteiger partial charge on any atom is -0.469 e. The number of ketones is 1. The van der Waals surface area contributed by atoms with E-state index in [2.05, 4.69) is 11.7 Å². The Hall–Kier alpha value is -1.16. The van der Waals surface area contributed by atoms with Gasteiger partial charge < -0.3 is 9.84 Å². The number of allylic oxidation sites excluding steroid dienone is 1. The van der Waals surface area contributed by atoms with E-state index in [0.717, 1.165) is 62.5 Å². The Labute approximate surface area is 165 Å². The zero-order chi connectivity index (χ0) is 20.3. The van der Waals surface area contributed by atoms with Gasteiger partial charge in [0.25, 0.3) is 0 Å². The summed E-state index contributed by atoms with van der Waals surface area (Å²) in [6.07, 6.45) is 12.9. The van der Waals surface area contributed by atoms with Crippen LogP contribution in [0.15, 0.2) is 11.1 Å². The number of methoxy groups -OCH3 is 1. The normalized spacial score (nSPS) is 22.6. The minimum absolute atomic E-state index is 0.116. The van der Waals surface area contributed by atoms with Gasteiger partial charge in [0.2, 0.25) is 0 Å². The number of esters is 1. The van der Waals surface area contributed by atoms with Gasteiger partial charge in [-0.25, -0.2) is 0 Å². The molecule has 1 rings (SSSR count). The second kappa shape index (κ2) is 12.3. The molecule has 0 aromatic heterocycles. The van der Waals surface area contributed by atoms with Gasteiger partial charge in [0.05, 0.1) is 18.6 Å². The number of Topliss-reactive ketones (excluding diaryl/α,β-unsaturated/α-hetero) is 1. The summed E-state index contributed by atoms with van der Waals surface area (Å²) in [6, 6.07) is 0. The zero-order valence-electron chi connectivity index (χ0n) is 17.9. The lowest BCUT2D eigenvalue weighted by atomic mass is 9.79. The summed E-state index contributed by atoms with van der Waals surface area (Å²) in [7, 11) is 1.44. The third-order valence-corrected chi connectivity index (χ3v) is 6.24. The molecule has 1 aliphatic rings. The van der Waals surface area contributed by atoms with Crippen LogP contribution in [-0.2, 0) is 14.3 Å². The van der Waals surface area contributed by atoms with Gasteiger partial charge >= 0.3 is 5.97 Å². The van der Waals surface area contributed by atoms with Crippen molar-refractivity contribution in [3.63, 3.8) is 0 Å². The molecule has 0 aromatic rings. The lowest BCUT2D eigenvalue weighted by Gasteiger charge is -2.31. The van der Waals surface area contributed by atoms with Crippen LogP contribution in [0.25, 0.3) is 0 Å². The molecule has 0 radical (unpaired) electrons. The molecular weight excluding hydrogens is 340 g/mol. The van der Waals surface area contributed by atoms with E-state index in [1.807, 2.05) is 13.8 Å². The molecular formula is C23H40O4. The largest absolute Gasteiger partial charge is 0.469 e. The molecule has 1 N–H and O–H groups in total. The van der Waals surface area contributed by atoms with E-state index in [-0.39, 0.29) is 17.7 Å². The Bertz CT molecular complexity index is 509. The van der Waals surface area contributed by atoms with Gasteiger partial charge in [0.1, 0.15) is 0 Å². The van der Waals surface area contributed by atoms with Crippen LogP contribution in [0, 0.1) is 5.92 Å². The van der Waals surface area contributed by atoms with Gasteiger partial charge in [-0.1, -0.05) is 64.7 Å². The quantitative estimate of drug-likeness (QED) is 0.318. The highest BCUT2D eigenvalue weighted by Gasteiger charge is 2.48. The van der Waals surface area contributed by atoms with Gasteiger partial charge in [0.15, 0.2) is 5.78 Å². The fourth-order valence-electron chi connectivity index (χ4n) is 4.22. The summed E-state index contributed by atoms with van der Waals surface area (Å²) in [6.45, 7) is 5.93. The Balaban J connectivity index is 2.24. The highest BCUT2D eigenvalue weighted by Crippen LogP contribution is 2.43. The molecule has 4 heteroatoms. The first-order chi connectivity index (χ1) is 12.9. The zero-order valence-corrected chi connectivity index (χ0v) is 17.9. The molecule has 2 atom stereocenters. The Morgan fingerprint density at radius 2 is 1.56 bits per heavy atom. The topological polar surface area (TPSA) is 63.6 Å². The standard InChI is InChI=1S/C23H40O4/c1-5-6-15-20-22(25)18(2)19(3)23(20,26)17-14-12-10-8-7-9-11-13-16-21(24)27-4/h20,26H,5-17H2,1-4H3/t20-,23-/m0/s1. The molecule has 0 saturated carbocycles. The van der Waals surface area contributed by atoms with Crippen molar-refractivity contribution in [3.8, 4) is 0 Å². The SMILES string of the molecule is CCCC[C@H]1C(=O)C(C)=C(C)[C@@]1(O)CCCCCCCCCCC(=O)OC. The van der Waals surface area contributed by atoms with Crippen LogP contribution < -0.4 is 0 Å². The average Bonchev–Trinajstić information content (AvgIpc) is 2.82. The van der Waals surface area contributed by atoms with Crippen LogP contribution in [0.1, 0.15) is 104 Å². The van der Waals surface area contributed by atoms with Gasteiger partial charge in [0, 0.05) is 6.42 Å². The molecule has 0 heterocycles. The lowest BCUT2D eigenvalue weighted by Crippen LogP contribution is -2.38. The Morgan fingerprint density at radius 3 is 2.11 bits per heavy atom. The summed E-state index contributed by atoms with van der Waals surface area (Å²) in [5, 5.41) is 11.2. The monoisotopic (exact) mass is 380 g/mol. The number of rotatable bonds is 14. The average molecular weight is 381 g/mol. The van der Waals surface area contributed by atoms with E-state index in [0.29, 0.717) is 12.8 Å². The molecule has 0 amide bonds. The first-order valence-electron chi connectivity index (χ1n) is 10.9. The van der Waals surface area contributed by atoms with Crippen LogP contribution in [0.4, 0.5) is 0 Å². The summed E-state index contributed by atoms with van der Waals surface area (Å²) < 4.78 is 4.64. The first-order valence-corrected chi connectivity index (χ1v) is 10.9. The van der Waals surface area contributed by atoms with Crippen molar-refractivity contribution in [1.29, 1.82) is 0 Å². The van der Waals surface area contributed by atoms with E-state index >= 15 is 0 Å². The minimum atomic E-state index is -0.912. The maximum Gasteiger partial charge on any atom is 0.305 e. The van der Waals surface area contributed by atoms with Crippen LogP contribution in [-0.4, -0.2) is 29.6 Å². The maximum atomic E-state index is 12.5. The van der Waals surface area contributed by atoms with E-state index in [4.69, 9.17) is 0 Å². The summed E-state index contributed by atoms with van der Waals surface area (Å²) in [5.74, 6) is -0.183. The van der Waals surface area contributed by atoms with Gasteiger partial charge in [-0.2, -0.15) is 0 Å². The van der Waals surface area contributed by atoms with Crippen molar-refractivity contribution >= 4 is 11.8 Å².